The van der Waals surface area contributed by atoms with Gasteiger partial charge < -0.3 is 30.2 Å². The van der Waals surface area contributed by atoms with Crippen LogP contribution in [0.15, 0.2) is 42.0 Å². The number of ether oxygens (including phenoxy) is 3. The second-order valence-electron chi connectivity index (χ2n) is 9.83. The Kier molecular flexibility index (Phi) is 11.5. The van der Waals surface area contributed by atoms with Crippen molar-refractivity contribution in [3.8, 4) is 17.1 Å². The van der Waals surface area contributed by atoms with Crippen LogP contribution in [0.4, 0.5) is 10.5 Å². The number of benzene rings is 1. The summed E-state index contributed by atoms with van der Waals surface area (Å²) in [6.45, 7) is 10.1. The van der Waals surface area contributed by atoms with E-state index < -0.39 is 23.6 Å². The molecular formula is C28H36N6O6S. The van der Waals surface area contributed by atoms with Crippen LogP contribution < -0.4 is 20.7 Å². The minimum Gasteiger partial charge on any atom is -0.477 e. The minimum atomic E-state index is -0.991. The summed E-state index contributed by atoms with van der Waals surface area (Å²) >= 11 is 1.39. The lowest BCUT2D eigenvalue weighted by molar-refractivity contribution is -0.127. The summed E-state index contributed by atoms with van der Waals surface area (Å²) in [6.07, 6.45) is 2.67. The Hall–Kier alpha value is -4.10. The zero-order chi connectivity index (χ0) is 29.8. The molecule has 13 heteroatoms. The number of hydrogen-bond donors (Lipinski definition) is 3. The second-order valence-corrected chi connectivity index (χ2v) is 10.9. The molecule has 41 heavy (non-hydrogen) atoms. The average molecular weight is 585 g/mol. The first kappa shape index (κ1) is 31.4. The third kappa shape index (κ3) is 10.8. The number of alkyl carbamates (subject to hydrolysis) is 1. The van der Waals surface area contributed by atoms with Crippen molar-refractivity contribution < 1.29 is 28.6 Å². The summed E-state index contributed by atoms with van der Waals surface area (Å²) in [5, 5.41) is 10.7. The summed E-state index contributed by atoms with van der Waals surface area (Å²) in [5.41, 5.74) is 1.84. The van der Waals surface area contributed by atoms with Crippen LogP contribution in [0, 0.1) is 6.92 Å². The molecule has 12 nitrogen and oxygen atoms in total. The molecule has 3 N–H and O–H groups in total. The molecule has 2 heterocycles. The Morgan fingerprint density at radius 1 is 1.05 bits per heavy atom. The van der Waals surface area contributed by atoms with E-state index in [2.05, 4.69) is 30.9 Å². The van der Waals surface area contributed by atoms with Gasteiger partial charge in [0.15, 0.2) is 6.04 Å². The lowest BCUT2D eigenvalue weighted by Crippen LogP contribution is -2.37. The highest BCUT2D eigenvalue weighted by Crippen LogP contribution is 2.23. The van der Waals surface area contributed by atoms with Gasteiger partial charge in [0.1, 0.15) is 5.60 Å². The first-order valence-electron chi connectivity index (χ1n) is 13.2. The van der Waals surface area contributed by atoms with Gasteiger partial charge in [0, 0.05) is 29.6 Å². The molecule has 0 aliphatic carbocycles. The van der Waals surface area contributed by atoms with Gasteiger partial charge in [-0.2, -0.15) is 0 Å². The van der Waals surface area contributed by atoms with Gasteiger partial charge in [-0.1, -0.05) is 12.1 Å². The van der Waals surface area contributed by atoms with Crippen LogP contribution in [-0.4, -0.2) is 64.8 Å². The molecule has 0 spiro atoms. The maximum Gasteiger partial charge on any atom is 0.407 e. The Morgan fingerprint density at radius 3 is 2.46 bits per heavy atom. The molecule has 0 radical (unpaired) electrons. The van der Waals surface area contributed by atoms with Crippen LogP contribution in [0.5, 0.6) is 5.88 Å². The predicted molar refractivity (Wildman–Crippen MR) is 155 cm³/mol. The van der Waals surface area contributed by atoms with Crippen LogP contribution >= 0.6 is 11.3 Å². The number of carbonyl (C=O) groups is 3. The molecule has 0 aliphatic rings. The molecule has 3 amide bonds. The molecule has 0 aliphatic heterocycles. The fourth-order valence-electron chi connectivity index (χ4n) is 3.47. The number of rotatable bonds is 13. The zero-order valence-electron chi connectivity index (χ0n) is 23.9. The van der Waals surface area contributed by atoms with Gasteiger partial charge in [0.25, 0.3) is 5.91 Å². The van der Waals surface area contributed by atoms with Crippen LogP contribution in [0.25, 0.3) is 11.3 Å². The Morgan fingerprint density at radius 2 is 1.80 bits per heavy atom. The van der Waals surface area contributed by atoms with Crippen LogP contribution in [-0.2, 0) is 19.1 Å². The highest BCUT2D eigenvalue weighted by molar-refractivity contribution is 7.09. The van der Waals surface area contributed by atoms with Crippen molar-refractivity contribution in [2.24, 2.45) is 0 Å². The molecule has 2 aromatic heterocycles. The van der Waals surface area contributed by atoms with Gasteiger partial charge >= 0.3 is 6.09 Å². The molecule has 0 saturated heterocycles. The number of aryl methyl sites for hydroxylation is 1. The maximum atomic E-state index is 13.2. The van der Waals surface area contributed by atoms with E-state index in [1.165, 1.54) is 11.3 Å². The fraction of sp³-hybridized carbons (Fsp3) is 0.429. The van der Waals surface area contributed by atoms with Crippen LogP contribution in [0.3, 0.4) is 0 Å². The van der Waals surface area contributed by atoms with E-state index in [0.29, 0.717) is 29.6 Å². The number of hydrogen-bond acceptors (Lipinski definition) is 10. The Balaban J connectivity index is 1.53. The molecule has 1 unspecified atom stereocenters. The van der Waals surface area contributed by atoms with Crippen molar-refractivity contribution in [3.63, 3.8) is 0 Å². The van der Waals surface area contributed by atoms with E-state index in [9.17, 15) is 14.4 Å². The van der Waals surface area contributed by atoms with Crippen molar-refractivity contribution in [1.82, 2.24) is 25.6 Å². The first-order valence-corrected chi connectivity index (χ1v) is 14.0. The zero-order valence-corrected chi connectivity index (χ0v) is 24.7. The van der Waals surface area contributed by atoms with Gasteiger partial charge in [0.05, 0.1) is 48.6 Å². The van der Waals surface area contributed by atoms with Crippen molar-refractivity contribution >= 4 is 34.9 Å². The van der Waals surface area contributed by atoms with Gasteiger partial charge in [-0.25, -0.2) is 14.8 Å². The monoisotopic (exact) mass is 584 g/mol. The average Bonchev–Trinajstić information content (AvgIpc) is 3.34. The van der Waals surface area contributed by atoms with E-state index in [1.807, 2.05) is 26.0 Å². The number of nitrogens with one attached hydrogen (secondary N) is 3. The maximum absolute atomic E-state index is 13.2. The van der Waals surface area contributed by atoms with E-state index in [0.717, 1.165) is 10.6 Å². The molecular weight excluding hydrogens is 548 g/mol. The minimum absolute atomic E-state index is 0.0237. The molecule has 1 aromatic carbocycles. The predicted octanol–water partition coefficient (Wildman–Crippen LogP) is 4.03. The van der Waals surface area contributed by atoms with Gasteiger partial charge in [-0.15, -0.1) is 11.3 Å². The van der Waals surface area contributed by atoms with Gasteiger partial charge in [0.2, 0.25) is 11.8 Å². The molecule has 0 fully saturated rings. The number of amides is 3. The van der Waals surface area contributed by atoms with Crippen molar-refractivity contribution in [1.29, 1.82) is 0 Å². The smallest absolute Gasteiger partial charge is 0.407 e. The van der Waals surface area contributed by atoms with Crippen molar-refractivity contribution in [2.75, 3.05) is 31.7 Å². The number of thiazole rings is 1. The largest absolute Gasteiger partial charge is 0.477 e. The van der Waals surface area contributed by atoms with Crippen LogP contribution in [0.1, 0.15) is 50.9 Å². The second kappa shape index (κ2) is 15.1. The summed E-state index contributed by atoms with van der Waals surface area (Å²) in [4.78, 5) is 50.5. The SMILES string of the molecule is CCOc1cncc(-c2ccc(NC(=O)C(NC(=O)CCOCCNC(=O)OC(C)(C)C)c3csc(C)n3)cc2)n1. The van der Waals surface area contributed by atoms with E-state index in [-0.39, 0.29) is 32.1 Å². The third-order valence-corrected chi connectivity index (χ3v) is 6.03. The summed E-state index contributed by atoms with van der Waals surface area (Å²) in [6, 6.07) is 6.12. The molecule has 1 atom stereocenters. The fourth-order valence-corrected chi connectivity index (χ4v) is 4.11. The van der Waals surface area contributed by atoms with E-state index in [4.69, 9.17) is 14.2 Å². The summed E-state index contributed by atoms with van der Waals surface area (Å²) in [5.74, 6) is -0.376. The first-order chi connectivity index (χ1) is 19.5. The number of nitrogens with zero attached hydrogens (tertiary/aromatic N) is 3. The van der Waals surface area contributed by atoms with E-state index in [1.54, 1.807) is 50.7 Å². The van der Waals surface area contributed by atoms with Gasteiger partial charge in [-0.3, -0.25) is 14.6 Å². The number of anilines is 1. The van der Waals surface area contributed by atoms with E-state index >= 15 is 0 Å². The quantitative estimate of drug-likeness (QED) is 0.253. The third-order valence-electron chi connectivity index (χ3n) is 5.24. The summed E-state index contributed by atoms with van der Waals surface area (Å²) in [7, 11) is 0. The Bertz CT molecular complexity index is 1310. The standard InChI is InChI=1S/C28H36N6O6S/c1-6-39-24-16-29-15-21(33-24)19-7-9-20(10-8-19)32-26(36)25(22-17-41-18(2)31-22)34-23(35)11-13-38-14-12-30-27(37)40-28(3,4)5/h7-10,15-17,25H,6,11-14H2,1-5H3,(H,30,37)(H,32,36)(H,34,35). The highest BCUT2D eigenvalue weighted by atomic mass is 32.1. The number of carbonyl (C=O) groups excluding carboxylic acids is 3. The van der Waals surface area contributed by atoms with Crippen molar-refractivity contribution in [2.45, 2.75) is 52.7 Å². The molecule has 220 valence electrons. The lowest BCUT2D eigenvalue weighted by atomic mass is 10.1. The topological polar surface area (TPSA) is 154 Å². The van der Waals surface area contributed by atoms with Gasteiger partial charge in [-0.05, 0) is 46.8 Å². The normalized spacial score (nSPS) is 11.8. The van der Waals surface area contributed by atoms with Crippen LogP contribution in [0.2, 0.25) is 0 Å². The Labute approximate surface area is 243 Å². The number of aromatic nitrogens is 3. The molecule has 3 aromatic rings. The van der Waals surface area contributed by atoms with Crippen molar-refractivity contribution in [3.05, 3.63) is 52.7 Å². The lowest BCUT2D eigenvalue weighted by Gasteiger charge is -2.19. The molecule has 0 bridgehead atoms. The highest BCUT2D eigenvalue weighted by Gasteiger charge is 2.25. The summed E-state index contributed by atoms with van der Waals surface area (Å²) < 4.78 is 16.0. The molecule has 3 rings (SSSR count). The molecule has 0 saturated carbocycles.